The molecule has 1 fully saturated rings. The van der Waals surface area contributed by atoms with Gasteiger partial charge < -0.3 is 10.3 Å². The van der Waals surface area contributed by atoms with Crippen LogP contribution in [0, 0.1) is 0 Å². The number of rotatable bonds is 3. The van der Waals surface area contributed by atoms with E-state index < -0.39 is 0 Å². The minimum absolute atomic E-state index is 0.303. The van der Waals surface area contributed by atoms with Crippen molar-refractivity contribution in [1.29, 1.82) is 0 Å². The third kappa shape index (κ3) is 2.61. The normalized spacial score (nSPS) is 24.9. The first-order valence-corrected chi connectivity index (χ1v) is 5.64. The van der Waals surface area contributed by atoms with Crippen LogP contribution in [0.1, 0.15) is 25.8 Å². The molecule has 84 valence electrons. The number of nitrogens with zero attached hydrogens (tertiary/aromatic N) is 1. The fraction of sp³-hybridized carbons (Fsp3) is 0.667. The van der Waals surface area contributed by atoms with Gasteiger partial charge in [0.25, 0.3) is 0 Å². The summed E-state index contributed by atoms with van der Waals surface area (Å²) in [6.45, 7) is 6.69. The van der Waals surface area contributed by atoms with Gasteiger partial charge in [-0.15, -0.1) is 0 Å². The molecule has 1 aliphatic heterocycles. The van der Waals surface area contributed by atoms with Gasteiger partial charge in [-0.25, -0.2) is 0 Å². The average molecular weight is 207 g/mol. The maximum atomic E-state index is 3.56. The van der Waals surface area contributed by atoms with E-state index in [4.69, 9.17) is 0 Å². The molecular weight excluding hydrogens is 186 g/mol. The van der Waals surface area contributed by atoms with Crippen LogP contribution in [-0.4, -0.2) is 35.1 Å². The molecule has 1 atom stereocenters. The smallest absolute Gasteiger partial charge is 0.0249 e. The number of aromatic amines is 1. The summed E-state index contributed by atoms with van der Waals surface area (Å²) in [6.07, 6.45) is 5.29. The third-order valence-electron chi connectivity index (χ3n) is 3.28. The fourth-order valence-electron chi connectivity index (χ4n) is 2.31. The predicted molar refractivity (Wildman–Crippen MR) is 62.7 cm³/mol. The quantitative estimate of drug-likeness (QED) is 0.788. The monoisotopic (exact) mass is 207 g/mol. The zero-order chi connectivity index (χ0) is 10.9. The van der Waals surface area contributed by atoms with Crippen molar-refractivity contribution < 1.29 is 0 Å². The van der Waals surface area contributed by atoms with Gasteiger partial charge in [0, 0.05) is 37.1 Å². The van der Waals surface area contributed by atoms with Crippen LogP contribution < -0.4 is 5.32 Å². The molecular formula is C12H21N3. The second-order valence-electron chi connectivity index (χ2n) is 5.26. The Balaban J connectivity index is 1.90. The highest BCUT2D eigenvalue weighted by atomic mass is 15.2. The third-order valence-corrected chi connectivity index (χ3v) is 3.28. The van der Waals surface area contributed by atoms with Gasteiger partial charge >= 0.3 is 0 Å². The number of hydrogen-bond acceptors (Lipinski definition) is 2. The molecule has 0 saturated carbocycles. The molecule has 3 heteroatoms. The largest absolute Gasteiger partial charge is 0.367 e. The van der Waals surface area contributed by atoms with Gasteiger partial charge in [0.2, 0.25) is 0 Å². The van der Waals surface area contributed by atoms with Crippen molar-refractivity contribution in [3.8, 4) is 0 Å². The van der Waals surface area contributed by atoms with E-state index in [0.717, 1.165) is 13.1 Å². The summed E-state index contributed by atoms with van der Waals surface area (Å²) in [5.74, 6) is 0. The maximum absolute atomic E-state index is 3.56. The highest BCUT2D eigenvalue weighted by Crippen LogP contribution is 2.22. The number of likely N-dealkylation sites (N-methyl/N-ethyl adjacent to an activating group) is 1. The second-order valence-corrected chi connectivity index (χ2v) is 5.26. The molecule has 1 unspecified atom stereocenters. The van der Waals surface area contributed by atoms with Crippen molar-refractivity contribution >= 4 is 0 Å². The Labute approximate surface area is 91.9 Å². The second kappa shape index (κ2) is 3.99. The van der Waals surface area contributed by atoms with E-state index in [9.17, 15) is 0 Å². The number of hydrogen-bond donors (Lipinski definition) is 2. The minimum Gasteiger partial charge on any atom is -0.367 e. The van der Waals surface area contributed by atoms with Crippen LogP contribution in [0.2, 0.25) is 0 Å². The number of aromatic nitrogens is 1. The first-order valence-electron chi connectivity index (χ1n) is 5.64. The summed E-state index contributed by atoms with van der Waals surface area (Å²) in [4.78, 5) is 5.54. The van der Waals surface area contributed by atoms with Crippen molar-refractivity contribution in [3.05, 3.63) is 24.0 Å². The lowest BCUT2D eigenvalue weighted by Crippen LogP contribution is -2.32. The molecule has 0 aliphatic carbocycles. The Hall–Kier alpha value is -0.800. The van der Waals surface area contributed by atoms with E-state index in [-0.39, 0.29) is 0 Å². The number of nitrogens with one attached hydrogen (secondary N) is 2. The Morgan fingerprint density at radius 3 is 2.87 bits per heavy atom. The summed E-state index contributed by atoms with van der Waals surface area (Å²) >= 11 is 0. The molecule has 15 heavy (non-hydrogen) atoms. The van der Waals surface area contributed by atoms with Crippen LogP contribution in [0.3, 0.4) is 0 Å². The molecule has 0 radical (unpaired) electrons. The van der Waals surface area contributed by atoms with Gasteiger partial charge in [0.15, 0.2) is 0 Å². The van der Waals surface area contributed by atoms with Gasteiger partial charge in [-0.3, -0.25) is 4.90 Å². The molecule has 1 saturated heterocycles. The van der Waals surface area contributed by atoms with Gasteiger partial charge in [0.05, 0.1) is 0 Å². The van der Waals surface area contributed by atoms with Crippen molar-refractivity contribution in [2.75, 3.05) is 13.6 Å². The average Bonchev–Trinajstić information content (AvgIpc) is 2.74. The Morgan fingerprint density at radius 2 is 2.33 bits per heavy atom. The zero-order valence-corrected chi connectivity index (χ0v) is 9.88. The zero-order valence-electron chi connectivity index (χ0n) is 9.88. The van der Waals surface area contributed by atoms with Crippen LogP contribution in [0.5, 0.6) is 0 Å². The molecule has 2 rings (SSSR count). The lowest BCUT2D eigenvalue weighted by molar-refractivity contribution is 0.240. The molecule has 0 spiro atoms. The van der Waals surface area contributed by atoms with Crippen molar-refractivity contribution in [2.24, 2.45) is 0 Å². The molecule has 1 aromatic heterocycles. The molecule has 1 aromatic rings. The molecule has 2 heterocycles. The predicted octanol–water partition coefficient (Wildman–Crippen LogP) is 1.59. The summed E-state index contributed by atoms with van der Waals surface area (Å²) in [5.41, 5.74) is 1.67. The summed E-state index contributed by atoms with van der Waals surface area (Å²) < 4.78 is 0. The summed E-state index contributed by atoms with van der Waals surface area (Å²) in [7, 11) is 2.21. The molecule has 1 aliphatic rings. The van der Waals surface area contributed by atoms with Crippen LogP contribution in [0.15, 0.2) is 18.5 Å². The standard InChI is InChI=1S/C12H21N3/c1-12(2)6-11(8-14-12)15(3)9-10-4-5-13-7-10/h4-5,7,11,13-14H,6,8-9H2,1-3H3. The first-order chi connectivity index (χ1) is 7.07. The van der Waals surface area contributed by atoms with Gasteiger partial charge in [0.1, 0.15) is 0 Å². The number of H-pyrrole nitrogens is 1. The first kappa shape index (κ1) is 10.7. The van der Waals surface area contributed by atoms with E-state index >= 15 is 0 Å². The van der Waals surface area contributed by atoms with Crippen LogP contribution in [0.25, 0.3) is 0 Å². The lowest BCUT2D eigenvalue weighted by Gasteiger charge is -2.24. The highest BCUT2D eigenvalue weighted by Gasteiger charge is 2.32. The topological polar surface area (TPSA) is 31.1 Å². The van der Waals surface area contributed by atoms with Crippen LogP contribution in [0.4, 0.5) is 0 Å². The highest BCUT2D eigenvalue weighted by molar-refractivity contribution is 5.08. The minimum atomic E-state index is 0.303. The van der Waals surface area contributed by atoms with E-state index in [1.807, 2.05) is 6.20 Å². The van der Waals surface area contributed by atoms with Crippen LogP contribution >= 0.6 is 0 Å². The summed E-state index contributed by atoms with van der Waals surface area (Å²) in [5, 5.41) is 3.56. The van der Waals surface area contributed by atoms with Gasteiger partial charge in [-0.05, 0) is 38.9 Å². The SMILES string of the molecule is CN(Cc1cc[nH]c1)C1CNC(C)(C)C1. The molecule has 0 amide bonds. The lowest BCUT2D eigenvalue weighted by atomic mass is 10.0. The molecule has 2 N–H and O–H groups in total. The Kier molecular flexibility index (Phi) is 2.85. The van der Waals surface area contributed by atoms with Crippen LogP contribution in [-0.2, 0) is 6.54 Å². The molecule has 0 aromatic carbocycles. The van der Waals surface area contributed by atoms with Gasteiger partial charge in [-0.1, -0.05) is 0 Å². The fourth-order valence-corrected chi connectivity index (χ4v) is 2.31. The van der Waals surface area contributed by atoms with E-state index in [1.165, 1.54) is 12.0 Å². The van der Waals surface area contributed by atoms with Crippen molar-refractivity contribution in [1.82, 2.24) is 15.2 Å². The van der Waals surface area contributed by atoms with Crippen molar-refractivity contribution in [2.45, 2.75) is 38.4 Å². The summed E-state index contributed by atoms with van der Waals surface area (Å²) in [6, 6.07) is 2.80. The Bertz CT molecular complexity index is 303. The van der Waals surface area contributed by atoms with Crippen molar-refractivity contribution in [3.63, 3.8) is 0 Å². The van der Waals surface area contributed by atoms with E-state index in [2.05, 4.69) is 48.4 Å². The maximum Gasteiger partial charge on any atom is 0.0249 e. The Morgan fingerprint density at radius 1 is 1.53 bits per heavy atom. The van der Waals surface area contributed by atoms with Gasteiger partial charge in [-0.2, -0.15) is 0 Å². The molecule has 3 nitrogen and oxygen atoms in total. The van der Waals surface area contributed by atoms with E-state index in [0.29, 0.717) is 11.6 Å². The molecule has 0 bridgehead atoms. The van der Waals surface area contributed by atoms with E-state index in [1.54, 1.807) is 0 Å².